The predicted octanol–water partition coefficient (Wildman–Crippen LogP) is 3.77. The van der Waals surface area contributed by atoms with Gasteiger partial charge in [-0.25, -0.2) is 0 Å². The lowest BCUT2D eigenvalue weighted by Crippen LogP contribution is -2.26. The number of nitrogens with zero attached hydrogens (tertiary/aromatic N) is 3. The van der Waals surface area contributed by atoms with Crippen molar-refractivity contribution in [3.63, 3.8) is 0 Å². The molecule has 7 heteroatoms. The maximum atomic E-state index is 12.4. The number of rotatable bonds is 8. The number of carbonyl (C=O) groups excluding carboxylic acids is 1. The largest absolute Gasteiger partial charge is 0.422 e. The van der Waals surface area contributed by atoms with Crippen molar-refractivity contribution in [1.29, 1.82) is 0 Å². The molecule has 6 nitrogen and oxygen atoms in total. The van der Waals surface area contributed by atoms with Crippen LogP contribution in [0.25, 0.3) is 0 Å². The zero-order chi connectivity index (χ0) is 19.2. The van der Waals surface area contributed by atoms with Gasteiger partial charge < -0.3 is 14.1 Å². The summed E-state index contributed by atoms with van der Waals surface area (Å²) in [5.74, 6) is 0.889. The van der Waals surface area contributed by atoms with Crippen LogP contribution in [0.2, 0.25) is 0 Å². The SMILES string of the molecule is COC(c1ccccc1)c1nnc(CCC(=O)N(C)Cc2sccc2C)o1. The Bertz CT molecular complexity index is 875. The summed E-state index contributed by atoms with van der Waals surface area (Å²) in [6.07, 6.45) is 0.323. The van der Waals surface area contributed by atoms with Crippen LogP contribution in [-0.2, 0) is 22.5 Å². The Balaban J connectivity index is 1.57. The molecule has 0 aliphatic carbocycles. The van der Waals surface area contributed by atoms with Crippen molar-refractivity contribution < 1.29 is 13.9 Å². The molecule has 2 aromatic heterocycles. The Morgan fingerprint density at radius 2 is 2.04 bits per heavy atom. The third-order valence-corrected chi connectivity index (χ3v) is 5.38. The minimum absolute atomic E-state index is 0.0499. The molecule has 142 valence electrons. The molecule has 0 spiro atoms. The van der Waals surface area contributed by atoms with E-state index in [9.17, 15) is 4.79 Å². The summed E-state index contributed by atoms with van der Waals surface area (Å²) >= 11 is 1.67. The van der Waals surface area contributed by atoms with Crippen LogP contribution in [-0.4, -0.2) is 35.2 Å². The van der Waals surface area contributed by atoms with Crippen LogP contribution < -0.4 is 0 Å². The molecule has 0 N–H and O–H groups in total. The van der Waals surface area contributed by atoms with Crippen molar-refractivity contribution in [2.24, 2.45) is 0 Å². The zero-order valence-corrected chi connectivity index (χ0v) is 16.5. The van der Waals surface area contributed by atoms with Gasteiger partial charge in [-0.3, -0.25) is 4.79 Å². The first kappa shape index (κ1) is 19.3. The fourth-order valence-corrected chi connectivity index (χ4v) is 3.71. The average molecular weight is 385 g/mol. The van der Waals surface area contributed by atoms with Crippen LogP contribution in [0, 0.1) is 6.92 Å². The van der Waals surface area contributed by atoms with Gasteiger partial charge in [0.25, 0.3) is 0 Å². The van der Waals surface area contributed by atoms with E-state index in [0.29, 0.717) is 31.2 Å². The second kappa shape index (κ2) is 8.92. The Hall–Kier alpha value is -2.51. The van der Waals surface area contributed by atoms with Gasteiger partial charge in [-0.2, -0.15) is 0 Å². The lowest BCUT2D eigenvalue weighted by molar-refractivity contribution is -0.130. The minimum Gasteiger partial charge on any atom is -0.422 e. The minimum atomic E-state index is -0.410. The average Bonchev–Trinajstić information content (AvgIpc) is 3.31. The smallest absolute Gasteiger partial charge is 0.249 e. The van der Waals surface area contributed by atoms with Crippen molar-refractivity contribution in [2.75, 3.05) is 14.2 Å². The van der Waals surface area contributed by atoms with Crippen molar-refractivity contribution in [3.8, 4) is 0 Å². The van der Waals surface area contributed by atoms with E-state index in [4.69, 9.17) is 9.15 Å². The van der Waals surface area contributed by atoms with E-state index in [2.05, 4.69) is 23.2 Å². The van der Waals surface area contributed by atoms with Crippen LogP contribution in [0.1, 0.15) is 40.3 Å². The molecule has 0 saturated carbocycles. The summed E-state index contributed by atoms with van der Waals surface area (Å²) in [6, 6.07) is 11.8. The number of hydrogen-bond donors (Lipinski definition) is 0. The monoisotopic (exact) mass is 385 g/mol. The van der Waals surface area contributed by atoms with Crippen LogP contribution >= 0.6 is 11.3 Å². The molecular weight excluding hydrogens is 362 g/mol. The van der Waals surface area contributed by atoms with E-state index >= 15 is 0 Å². The first-order valence-corrected chi connectivity index (χ1v) is 9.63. The number of aryl methyl sites for hydroxylation is 2. The van der Waals surface area contributed by atoms with Crippen LogP contribution in [0.5, 0.6) is 0 Å². The molecular formula is C20H23N3O3S. The van der Waals surface area contributed by atoms with Gasteiger partial charge in [0.1, 0.15) is 0 Å². The second-order valence-electron chi connectivity index (χ2n) is 6.34. The summed E-state index contributed by atoms with van der Waals surface area (Å²) in [6.45, 7) is 2.68. The number of benzene rings is 1. The molecule has 0 aliphatic heterocycles. The van der Waals surface area contributed by atoms with Crippen molar-refractivity contribution in [2.45, 2.75) is 32.4 Å². The first-order valence-electron chi connectivity index (χ1n) is 8.75. The molecule has 1 unspecified atom stereocenters. The van der Waals surface area contributed by atoms with Crippen LogP contribution in [0.15, 0.2) is 46.2 Å². The maximum absolute atomic E-state index is 12.4. The highest BCUT2D eigenvalue weighted by Gasteiger charge is 2.21. The summed E-state index contributed by atoms with van der Waals surface area (Å²) < 4.78 is 11.2. The van der Waals surface area contributed by atoms with Gasteiger partial charge in [-0.15, -0.1) is 21.5 Å². The van der Waals surface area contributed by atoms with Gasteiger partial charge in [-0.05, 0) is 29.5 Å². The van der Waals surface area contributed by atoms with Gasteiger partial charge >= 0.3 is 0 Å². The molecule has 0 saturated heterocycles. The van der Waals surface area contributed by atoms with E-state index in [1.54, 1.807) is 23.3 Å². The topological polar surface area (TPSA) is 68.5 Å². The fourth-order valence-electron chi connectivity index (χ4n) is 2.76. The Kier molecular flexibility index (Phi) is 6.36. The highest BCUT2D eigenvalue weighted by Crippen LogP contribution is 2.24. The molecule has 0 bridgehead atoms. The Labute approximate surface area is 162 Å². The summed E-state index contributed by atoms with van der Waals surface area (Å²) in [5.41, 5.74) is 2.16. The van der Waals surface area contributed by atoms with Gasteiger partial charge in [0.2, 0.25) is 17.7 Å². The third kappa shape index (κ3) is 4.81. The van der Waals surface area contributed by atoms with Crippen molar-refractivity contribution in [3.05, 3.63) is 69.6 Å². The first-order chi connectivity index (χ1) is 13.1. The van der Waals surface area contributed by atoms with Crippen LogP contribution in [0.4, 0.5) is 0 Å². The number of carbonyl (C=O) groups is 1. The normalized spacial score (nSPS) is 12.1. The lowest BCUT2D eigenvalue weighted by atomic mass is 10.1. The third-order valence-electron chi connectivity index (χ3n) is 4.37. The number of methoxy groups -OCH3 is 1. The summed E-state index contributed by atoms with van der Waals surface area (Å²) in [5, 5.41) is 10.2. The number of aromatic nitrogens is 2. The molecule has 0 aliphatic rings. The molecule has 3 aromatic rings. The molecule has 0 radical (unpaired) electrons. The highest BCUT2D eigenvalue weighted by molar-refractivity contribution is 7.10. The predicted molar refractivity (Wildman–Crippen MR) is 103 cm³/mol. The molecule has 1 atom stereocenters. The quantitative estimate of drug-likeness (QED) is 0.590. The molecule has 0 fully saturated rings. The fraction of sp³-hybridized carbons (Fsp3) is 0.350. The number of hydrogen-bond acceptors (Lipinski definition) is 6. The summed E-state index contributed by atoms with van der Waals surface area (Å²) in [4.78, 5) is 15.3. The second-order valence-corrected chi connectivity index (χ2v) is 7.34. The Morgan fingerprint density at radius 3 is 2.70 bits per heavy atom. The number of ether oxygens (including phenoxy) is 1. The number of amides is 1. The zero-order valence-electron chi connectivity index (χ0n) is 15.7. The lowest BCUT2D eigenvalue weighted by Gasteiger charge is -2.16. The van der Waals surface area contributed by atoms with Gasteiger partial charge in [-0.1, -0.05) is 30.3 Å². The van der Waals surface area contributed by atoms with Crippen molar-refractivity contribution >= 4 is 17.2 Å². The van der Waals surface area contributed by atoms with Crippen LogP contribution in [0.3, 0.4) is 0 Å². The number of thiophene rings is 1. The van der Waals surface area contributed by atoms with E-state index in [-0.39, 0.29) is 5.91 Å². The van der Waals surface area contributed by atoms with Gasteiger partial charge in [0.15, 0.2) is 6.10 Å². The molecule has 1 aromatic carbocycles. The molecule has 27 heavy (non-hydrogen) atoms. The van der Waals surface area contributed by atoms with E-state index in [1.807, 2.05) is 42.8 Å². The molecule has 1 amide bonds. The van der Waals surface area contributed by atoms with E-state index in [1.165, 1.54) is 10.4 Å². The Morgan fingerprint density at radius 1 is 1.26 bits per heavy atom. The standard InChI is InChI=1S/C20H23N3O3S/c1-14-11-12-27-16(14)13-23(2)18(24)10-9-17-21-22-20(26-17)19(25-3)15-7-5-4-6-8-15/h4-8,11-12,19H,9-10,13H2,1-3H3. The van der Waals surface area contributed by atoms with Gasteiger partial charge in [0, 0.05) is 31.9 Å². The van der Waals surface area contributed by atoms with Gasteiger partial charge in [0.05, 0.1) is 6.54 Å². The molecule has 2 heterocycles. The van der Waals surface area contributed by atoms with E-state index < -0.39 is 6.10 Å². The molecule has 3 rings (SSSR count). The van der Waals surface area contributed by atoms with Crippen molar-refractivity contribution in [1.82, 2.24) is 15.1 Å². The summed E-state index contributed by atoms with van der Waals surface area (Å²) in [7, 11) is 3.42. The van der Waals surface area contributed by atoms with E-state index in [0.717, 1.165) is 5.56 Å². The highest BCUT2D eigenvalue weighted by atomic mass is 32.1. The maximum Gasteiger partial charge on any atom is 0.249 e.